The number of ether oxygens (including phenoxy) is 1. The van der Waals surface area contributed by atoms with Crippen LogP contribution in [0.25, 0.3) is 0 Å². The fourth-order valence-electron chi connectivity index (χ4n) is 3.85. The minimum Gasteiger partial charge on any atom is -0.480 e. The summed E-state index contributed by atoms with van der Waals surface area (Å²) in [5.41, 5.74) is -0.543. The fraction of sp³-hybridized carbons (Fsp3) is 0.556. The molecule has 1 saturated heterocycles. The van der Waals surface area contributed by atoms with Gasteiger partial charge in [0, 0.05) is 17.2 Å². The van der Waals surface area contributed by atoms with E-state index in [1.807, 2.05) is 0 Å². The molecule has 1 aliphatic heterocycles. The summed E-state index contributed by atoms with van der Waals surface area (Å²) in [6.07, 6.45) is 2.81. The maximum atomic E-state index is 13.2. The lowest BCUT2D eigenvalue weighted by molar-refractivity contribution is -0.385. The maximum Gasteiger partial charge on any atom is 0.328 e. The van der Waals surface area contributed by atoms with Gasteiger partial charge in [-0.25, -0.2) is 4.79 Å². The second kappa shape index (κ2) is 6.68. The van der Waals surface area contributed by atoms with Gasteiger partial charge in [-0.05, 0) is 44.6 Å². The van der Waals surface area contributed by atoms with E-state index >= 15 is 0 Å². The Hall–Kier alpha value is -2.48. The van der Waals surface area contributed by atoms with Crippen LogP contribution in [0.3, 0.4) is 0 Å². The number of carbonyl (C=O) groups excluding carboxylic acids is 1. The molecule has 1 aliphatic carbocycles. The number of aryl methyl sites for hydroxylation is 1. The molecule has 1 aromatic carbocycles. The first-order valence-corrected chi connectivity index (χ1v) is 8.70. The molecular formula is C18H22N2O6. The molecule has 8 heteroatoms. The number of hydrogen-bond acceptors (Lipinski definition) is 5. The zero-order valence-electron chi connectivity index (χ0n) is 14.8. The number of rotatable bonds is 3. The number of carboxylic acids is 1. The van der Waals surface area contributed by atoms with Crippen LogP contribution in [-0.2, 0) is 9.53 Å². The summed E-state index contributed by atoms with van der Waals surface area (Å²) in [4.78, 5) is 36.8. The Bertz CT molecular complexity index is 754. The van der Waals surface area contributed by atoms with Crippen LogP contribution in [0.4, 0.5) is 5.69 Å². The first-order valence-electron chi connectivity index (χ1n) is 8.70. The summed E-state index contributed by atoms with van der Waals surface area (Å²) < 4.78 is 5.85. The summed E-state index contributed by atoms with van der Waals surface area (Å²) in [6, 6.07) is 3.14. The summed E-state index contributed by atoms with van der Waals surface area (Å²) >= 11 is 0. The third kappa shape index (κ3) is 3.05. The van der Waals surface area contributed by atoms with E-state index in [-0.39, 0.29) is 17.9 Å². The van der Waals surface area contributed by atoms with Crippen molar-refractivity contribution >= 4 is 17.6 Å². The average Bonchev–Trinajstić information content (AvgIpc) is 2.96. The highest BCUT2D eigenvalue weighted by Crippen LogP contribution is 2.43. The van der Waals surface area contributed by atoms with E-state index in [0.29, 0.717) is 24.3 Å². The Labute approximate surface area is 150 Å². The molecule has 1 heterocycles. The Morgan fingerprint density at radius 2 is 2.00 bits per heavy atom. The molecule has 2 aliphatic rings. The lowest BCUT2D eigenvalue weighted by atomic mass is 9.83. The molecule has 26 heavy (non-hydrogen) atoms. The number of hydrogen-bond donors (Lipinski definition) is 1. The highest BCUT2D eigenvalue weighted by Gasteiger charge is 2.53. The van der Waals surface area contributed by atoms with Crippen LogP contribution in [0.1, 0.15) is 48.5 Å². The SMILES string of the molecule is Cc1ccc(C(=O)N2[C@H](C(=O)O)COC23CCC(C)CC3)cc1[N+](=O)[O-]. The number of nitro benzene ring substituents is 1. The van der Waals surface area contributed by atoms with Crippen molar-refractivity contribution in [2.24, 2.45) is 5.92 Å². The highest BCUT2D eigenvalue weighted by molar-refractivity contribution is 5.98. The monoisotopic (exact) mass is 362 g/mol. The first-order chi connectivity index (χ1) is 12.2. The Morgan fingerprint density at radius 3 is 2.58 bits per heavy atom. The fourth-order valence-corrected chi connectivity index (χ4v) is 3.85. The second-order valence-electron chi connectivity index (χ2n) is 7.23. The lowest BCUT2D eigenvalue weighted by Crippen LogP contribution is -2.55. The molecule has 1 saturated carbocycles. The van der Waals surface area contributed by atoms with Gasteiger partial charge in [0.25, 0.3) is 11.6 Å². The number of carbonyl (C=O) groups is 2. The molecule has 1 amide bonds. The molecule has 3 rings (SSSR count). The highest BCUT2D eigenvalue weighted by atomic mass is 16.6. The molecule has 1 N–H and O–H groups in total. The summed E-state index contributed by atoms with van der Waals surface area (Å²) in [7, 11) is 0. The molecule has 1 aromatic rings. The van der Waals surface area contributed by atoms with E-state index in [0.717, 1.165) is 12.8 Å². The summed E-state index contributed by atoms with van der Waals surface area (Å²) in [5, 5.41) is 20.7. The molecule has 0 radical (unpaired) electrons. The van der Waals surface area contributed by atoms with Gasteiger partial charge in [-0.2, -0.15) is 0 Å². The first kappa shape index (κ1) is 18.3. The van der Waals surface area contributed by atoms with E-state index in [2.05, 4.69) is 6.92 Å². The average molecular weight is 362 g/mol. The van der Waals surface area contributed by atoms with Crippen molar-refractivity contribution in [3.63, 3.8) is 0 Å². The van der Waals surface area contributed by atoms with Crippen LogP contribution in [0.2, 0.25) is 0 Å². The van der Waals surface area contributed by atoms with Crippen LogP contribution in [-0.4, -0.2) is 45.2 Å². The third-order valence-corrected chi connectivity index (χ3v) is 5.47. The molecular weight excluding hydrogens is 340 g/mol. The number of aliphatic carboxylic acids is 1. The quantitative estimate of drug-likeness (QED) is 0.654. The molecule has 1 atom stereocenters. The largest absolute Gasteiger partial charge is 0.480 e. The molecule has 140 valence electrons. The number of amides is 1. The number of benzene rings is 1. The smallest absolute Gasteiger partial charge is 0.328 e. The number of nitrogens with zero attached hydrogens (tertiary/aromatic N) is 2. The molecule has 0 unspecified atom stereocenters. The van der Waals surface area contributed by atoms with Gasteiger partial charge in [-0.3, -0.25) is 19.8 Å². The van der Waals surface area contributed by atoms with E-state index in [9.17, 15) is 24.8 Å². The van der Waals surface area contributed by atoms with Gasteiger partial charge >= 0.3 is 5.97 Å². The van der Waals surface area contributed by atoms with Gasteiger partial charge in [-0.1, -0.05) is 13.0 Å². The van der Waals surface area contributed by atoms with E-state index in [1.165, 1.54) is 23.1 Å². The van der Waals surface area contributed by atoms with Crippen LogP contribution in [0.15, 0.2) is 18.2 Å². The minimum absolute atomic E-state index is 0.0661. The predicted octanol–water partition coefficient (Wildman–Crippen LogP) is 2.74. The molecule has 0 aromatic heterocycles. The van der Waals surface area contributed by atoms with Crippen LogP contribution in [0.5, 0.6) is 0 Å². The van der Waals surface area contributed by atoms with Crippen molar-refractivity contribution in [2.45, 2.75) is 51.3 Å². The Morgan fingerprint density at radius 1 is 1.35 bits per heavy atom. The number of nitro groups is 1. The Balaban J connectivity index is 1.99. The predicted molar refractivity (Wildman–Crippen MR) is 91.7 cm³/mol. The topological polar surface area (TPSA) is 110 Å². The maximum absolute atomic E-state index is 13.2. The van der Waals surface area contributed by atoms with E-state index < -0.39 is 28.6 Å². The molecule has 8 nitrogen and oxygen atoms in total. The zero-order chi connectivity index (χ0) is 19.1. The molecule has 1 spiro atoms. The van der Waals surface area contributed by atoms with Crippen LogP contribution >= 0.6 is 0 Å². The number of carboxylic acid groups (broad SMARTS) is 1. The van der Waals surface area contributed by atoms with Crippen LogP contribution in [0, 0.1) is 23.0 Å². The zero-order valence-corrected chi connectivity index (χ0v) is 14.8. The van der Waals surface area contributed by atoms with Crippen molar-refractivity contribution < 1.29 is 24.4 Å². The van der Waals surface area contributed by atoms with Crippen molar-refractivity contribution in [3.05, 3.63) is 39.4 Å². The van der Waals surface area contributed by atoms with Crippen molar-refractivity contribution in [1.29, 1.82) is 0 Å². The second-order valence-corrected chi connectivity index (χ2v) is 7.23. The molecule has 0 bridgehead atoms. The van der Waals surface area contributed by atoms with Gasteiger partial charge in [0.05, 0.1) is 11.5 Å². The third-order valence-electron chi connectivity index (χ3n) is 5.47. The van der Waals surface area contributed by atoms with Gasteiger partial charge < -0.3 is 9.84 Å². The molecule has 2 fully saturated rings. The minimum atomic E-state index is -1.13. The summed E-state index contributed by atoms with van der Waals surface area (Å²) in [6.45, 7) is 3.64. The van der Waals surface area contributed by atoms with Crippen molar-refractivity contribution in [1.82, 2.24) is 4.90 Å². The van der Waals surface area contributed by atoms with Gasteiger partial charge in [0.1, 0.15) is 5.72 Å². The Kier molecular flexibility index (Phi) is 4.70. The van der Waals surface area contributed by atoms with Gasteiger partial charge in [0.2, 0.25) is 0 Å². The standard InChI is InChI=1S/C18H22N2O6/c1-11-5-7-18(8-6-11)19(15(10-26-18)17(22)23)16(21)13-4-3-12(2)14(9-13)20(24)25/h3-4,9,11,15H,5-8,10H2,1-2H3,(H,22,23)/t11?,15-,18?/m0/s1. The van der Waals surface area contributed by atoms with E-state index in [4.69, 9.17) is 4.74 Å². The lowest BCUT2D eigenvalue weighted by Gasteiger charge is -2.42. The van der Waals surface area contributed by atoms with Crippen LogP contribution < -0.4 is 0 Å². The van der Waals surface area contributed by atoms with Gasteiger partial charge in [-0.15, -0.1) is 0 Å². The normalized spacial score (nSPS) is 28.3. The van der Waals surface area contributed by atoms with Crippen molar-refractivity contribution in [2.75, 3.05) is 6.61 Å². The summed E-state index contributed by atoms with van der Waals surface area (Å²) in [5.74, 6) is -1.17. The van der Waals surface area contributed by atoms with Crippen molar-refractivity contribution in [3.8, 4) is 0 Å². The van der Waals surface area contributed by atoms with Gasteiger partial charge in [0.15, 0.2) is 6.04 Å². The van der Waals surface area contributed by atoms with E-state index in [1.54, 1.807) is 6.92 Å².